The van der Waals surface area contributed by atoms with Crippen LogP contribution in [0.5, 0.6) is 0 Å². The fourth-order valence-electron chi connectivity index (χ4n) is 1.21. The number of thiophene rings is 1. The topological polar surface area (TPSA) is 37.3 Å². The van der Waals surface area contributed by atoms with Crippen LogP contribution >= 0.6 is 22.9 Å². The van der Waals surface area contributed by atoms with E-state index in [0.717, 1.165) is 11.3 Å². The van der Waals surface area contributed by atoms with E-state index in [1.54, 1.807) is 6.07 Å². The van der Waals surface area contributed by atoms with Crippen molar-refractivity contribution in [3.05, 3.63) is 33.9 Å². The highest BCUT2D eigenvalue weighted by Gasteiger charge is 2.18. The average Bonchev–Trinajstić information content (AvgIpc) is 2.45. The molecule has 5 heteroatoms. The number of carbonyl (C=O) groups is 1. The summed E-state index contributed by atoms with van der Waals surface area (Å²) in [6.07, 6.45) is 0. The first-order valence-electron chi connectivity index (χ1n) is 3.71. The second-order valence-electron chi connectivity index (χ2n) is 2.66. The maximum Gasteiger partial charge on any atom is 0.347 e. The zero-order valence-corrected chi connectivity index (χ0v) is 8.32. The van der Waals surface area contributed by atoms with E-state index in [9.17, 15) is 9.18 Å². The molecule has 0 fully saturated rings. The Morgan fingerprint density at radius 3 is 2.79 bits per heavy atom. The third-order valence-corrected chi connectivity index (χ3v) is 3.43. The Labute approximate surface area is 87.5 Å². The second kappa shape index (κ2) is 3.22. The lowest BCUT2D eigenvalue weighted by Crippen LogP contribution is -1.91. The smallest absolute Gasteiger partial charge is 0.347 e. The molecule has 2 aromatic rings. The minimum Gasteiger partial charge on any atom is -0.477 e. The molecule has 0 aliphatic heterocycles. The van der Waals surface area contributed by atoms with Gasteiger partial charge in [0.2, 0.25) is 0 Å². The minimum absolute atomic E-state index is 0.0180. The van der Waals surface area contributed by atoms with Gasteiger partial charge in [0.15, 0.2) is 0 Å². The molecular formula is C9H4ClFO2S. The molecule has 72 valence electrons. The molecule has 1 aromatic heterocycles. The first-order chi connectivity index (χ1) is 6.61. The van der Waals surface area contributed by atoms with Gasteiger partial charge in [0, 0.05) is 10.1 Å². The highest BCUT2D eigenvalue weighted by atomic mass is 35.5. The predicted octanol–water partition coefficient (Wildman–Crippen LogP) is 3.39. The minimum atomic E-state index is -1.13. The number of fused-ring (bicyclic) bond motifs is 1. The first kappa shape index (κ1) is 9.43. The Bertz CT molecular complexity index is 521. The van der Waals surface area contributed by atoms with Crippen LogP contribution in [0.2, 0.25) is 5.02 Å². The number of benzene rings is 1. The standard InChI is InChI=1S/C9H4ClFO2S/c10-7-6-4(11)2-1-3-5(6)14-8(7)9(12)13/h1-3H,(H,12,13). The molecule has 1 aromatic carbocycles. The van der Waals surface area contributed by atoms with Gasteiger partial charge in [-0.2, -0.15) is 0 Å². The summed E-state index contributed by atoms with van der Waals surface area (Å²) in [7, 11) is 0. The van der Waals surface area contributed by atoms with Gasteiger partial charge in [-0.15, -0.1) is 11.3 Å². The normalized spacial score (nSPS) is 10.7. The molecule has 0 unspecified atom stereocenters. The van der Waals surface area contributed by atoms with E-state index >= 15 is 0 Å². The number of rotatable bonds is 1. The molecule has 2 rings (SSSR count). The van der Waals surface area contributed by atoms with Crippen molar-refractivity contribution in [2.75, 3.05) is 0 Å². The van der Waals surface area contributed by atoms with E-state index in [1.165, 1.54) is 12.1 Å². The fourth-order valence-corrected chi connectivity index (χ4v) is 2.60. The number of hydrogen-bond donors (Lipinski definition) is 1. The third-order valence-electron chi connectivity index (χ3n) is 1.80. The van der Waals surface area contributed by atoms with Crippen molar-refractivity contribution in [1.82, 2.24) is 0 Å². The van der Waals surface area contributed by atoms with Gasteiger partial charge in [0.1, 0.15) is 10.7 Å². The van der Waals surface area contributed by atoms with Crippen molar-refractivity contribution in [1.29, 1.82) is 0 Å². The zero-order chi connectivity index (χ0) is 10.3. The summed E-state index contributed by atoms with van der Waals surface area (Å²) in [6.45, 7) is 0. The molecule has 1 heterocycles. The van der Waals surface area contributed by atoms with Gasteiger partial charge >= 0.3 is 5.97 Å². The number of carboxylic acid groups (broad SMARTS) is 1. The molecule has 0 aliphatic carbocycles. The quantitative estimate of drug-likeness (QED) is 0.815. The summed E-state index contributed by atoms with van der Waals surface area (Å²) in [4.78, 5) is 10.7. The van der Waals surface area contributed by atoms with Crippen LogP contribution in [0, 0.1) is 5.82 Å². The molecule has 0 saturated carbocycles. The molecule has 2 nitrogen and oxygen atoms in total. The molecule has 0 saturated heterocycles. The molecule has 0 spiro atoms. The SMILES string of the molecule is O=C(O)c1sc2cccc(F)c2c1Cl. The van der Waals surface area contributed by atoms with Crippen LogP contribution in [0.3, 0.4) is 0 Å². The van der Waals surface area contributed by atoms with Crippen molar-refractivity contribution in [3.8, 4) is 0 Å². The summed E-state index contributed by atoms with van der Waals surface area (Å²) < 4.78 is 13.8. The zero-order valence-electron chi connectivity index (χ0n) is 6.75. The Morgan fingerprint density at radius 2 is 2.21 bits per heavy atom. The van der Waals surface area contributed by atoms with Crippen molar-refractivity contribution in [2.45, 2.75) is 0 Å². The largest absolute Gasteiger partial charge is 0.477 e. The van der Waals surface area contributed by atoms with Gasteiger partial charge < -0.3 is 5.11 Å². The fraction of sp³-hybridized carbons (Fsp3) is 0. The van der Waals surface area contributed by atoms with Crippen molar-refractivity contribution in [2.24, 2.45) is 0 Å². The van der Waals surface area contributed by atoms with Gasteiger partial charge in [0.05, 0.1) is 5.02 Å². The Kier molecular flexibility index (Phi) is 2.17. The van der Waals surface area contributed by atoms with Crippen molar-refractivity contribution in [3.63, 3.8) is 0 Å². The lowest BCUT2D eigenvalue weighted by Gasteiger charge is -1.91. The van der Waals surface area contributed by atoms with E-state index in [4.69, 9.17) is 16.7 Å². The van der Waals surface area contributed by atoms with Crippen LogP contribution in [-0.2, 0) is 0 Å². The van der Waals surface area contributed by atoms with Crippen molar-refractivity contribution >= 4 is 39.0 Å². The maximum absolute atomic E-state index is 13.3. The molecule has 0 bridgehead atoms. The second-order valence-corrected chi connectivity index (χ2v) is 4.09. The van der Waals surface area contributed by atoms with Crippen LogP contribution in [0.4, 0.5) is 4.39 Å². The first-order valence-corrected chi connectivity index (χ1v) is 4.90. The van der Waals surface area contributed by atoms with Gasteiger partial charge in [-0.25, -0.2) is 9.18 Å². The number of hydrogen-bond acceptors (Lipinski definition) is 2. The monoisotopic (exact) mass is 230 g/mol. The van der Waals surface area contributed by atoms with E-state index in [-0.39, 0.29) is 15.3 Å². The molecular weight excluding hydrogens is 227 g/mol. The molecule has 0 atom stereocenters. The molecule has 1 N–H and O–H groups in total. The van der Waals surface area contributed by atoms with Crippen LogP contribution in [0.25, 0.3) is 10.1 Å². The summed E-state index contributed by atoms with van der Waals surface area (Å²) in [6, 6.07) is 4.42. The number of aromatic carboxylic acids is 1. The van der Waals surface area contributed by atoms with Gasteiger partial charge in [-0.1, -0.05) is 17.7 Å². The van der Waals surface area contributed by atoms with E-state index in [1.807, 2.05) is 0 Å². The van der Waals surface area contributed by atoms with E-state index in [2.05, 4.69) is 0 Å². The Balaban J connectivity index is 2.87. The van der Waals surface area contributed by atoms with Gasteiger partial charge in [0.25, 0.3) is 0 Å². The molecule has 0 aliphatic rings. The van der Waals surface area contributed by atoms with Gasteiger partial charge in [-0.3, -0.25) is 0 Å². The van der Waals surface area contributed by atoms with Crippen LogP contribution in [0.15, 0.2) is 18.2 Å². The summed E-state index contributed by atoms with van der Waals surface area (Å²) >= 11 is 6.72. The number of carboxylic acids is 1. The molecule has 0 radical (unpaired) electrons. The maximum atomic E-state index is 13.3. The van der Waals surface area contributed by atoms with Crippen LogP contribution in [-0.4, -0.2) is 11.1 Å². The highest BCUT2D eigenvalue weighted by molar-refractivity contribution is 7.21. The summed E-state index contributed by atoms with van der Waals surface area (Å²) in [5.74, 6) is -1.62. The molecule has 14 heavy (non-hydrogen) atoms. The molecule has 0 amide bonds. The third kappa shape index (κ3) is 1.27. The summed E-state index contributed by atoms with van der Waals surface area (Å²) in [5, 5.41) is 8.93. The average molecular weight is 231 g/mol. The number of halogens is 2. The van der Waals surface area contributed by atoms with Crippen LogP contribution < -0.4 is 0 Å². The van der Waals surface area contributed by atoms with E-state index < -0.39 is 11.8 Å². The lowest BCUT2D eigenvalue weighted by atomic mass is 10.2. The Morgan fingerprint density at radius 1 is 1.50 bits per heavy atom. The van der Waals surface area contributed by atoms with Crippen LogP contribution in [0.1, 0.15) is 9.67 Å². The van der Waals surface area contributed by atoms with E-state index in [0.29, 0.717) is 4.70 Å². The van der Waals surface area contributed by atoms with Crippen molar-refractivity contribution < 1.29 is 14.3 Å². The van der Waals surface area contributed by atoms with Gasteiger partial charge in [-0.05, 0) is 12.1 Å². The highest BCUT2D eigenvalue weighted by Crippen LogP contribution is 2.36. The summed E-state index contributed by atoms with van der Waals surface area (Å²) in [5.41, 5.74) is 0. The predicted molar refractivity (Wildman–Crippen MR) is 53.8 cm³/mol. The Hall–Kier alpha value is -1.13. The lowest BCUT2D eigenvalue weighted by molar-refractivity contribution is 0.0702.